The van der Waals surface area contributed by atoms with Gasteiger partial charge in [-0.25, -0.2) is 4.57 Å². The molecule has 0 fully saturated rings. The monoisotopic (exact) mass is 422 g/mol. The highest BCUT2D eigenvalue weighted by Crippen LogP contribution is 2.62. The molecule has 0 heterocycles. The van der Waals surface area contributed by atoms with E-state index in [1.54, 1.807) is 38.1 Å². The second kappa shape index (κ2) is 12.5. The largest absolute Gasteiger partial charge is 0.426 e. The molecule has 0 spiro atoms. The number of esters is 1. The fourth-order valence-corrected chi connectivity index (χ4v) is 5.19. The van der Waals surface area contributed by atoms with Crippen LogP contribution >= 0.6 is 18.2 Å². The zero-order valence-electron chi connectivity index (χ0n) is 15.7. The van der Waals surface area contributed by atoms with Gasteiger partial charge in [0.2, 0.25) is 0 Å². The minimum absolute atomic E-state index is 0.0550. The Kier molecular flexibility index (Phi) is 11.2. The summed E-state index contributed by atoms with van der Waals surface area (Å²) in [7, 11) is 1.44. The lowest BCUT2D eigenvalue weighted by Crippen LogP contribution is -2.22. The van der Waals surface area contributed by atoms with Crippen molar-refractivity contribution in [3.8, 4) is 5.75 Å². The van der Waals surface area contributed by atoms with Crippen molar-refractivity contribution >= 4 is 24.1 Å². The average molecular weight is 422 g/mol. The number of aliphatic hydroxyl groups excluding tert-OH is 2. The van der Waals surface area contributed by atoms with Crippen LogP contribution in [-0.4, -0.2) is 55.8 Å². The number of carbonyl (C=O) groups is 1. The number of hydrogen-bond acceptors (Lipinski definition) is 9. The SMILES string of the molecule is COCC(CO)OP(=O)(OCCO)SCc1ccc(OC(=O)C(C)C)cc1. The molecule has 0 aromatic heterocycles. The van der Waals surface area contributed by atoms with Crippen LogP contribution in [0.5, 0.6) is 5.75 Å². The number of benzene rings is 1. The van der Waals surface area contributed by atoms with Crippen LogP contribution in [0.2, 0.25) is 0 Å². The van der Waals surface area contributed by atoms with Gasteiger partial charge >= 0.3 is 12.8 Å². The van der Waals surface area contributed by atoms with Gasteiger partial charge in [-0.3, -0.25) is 13.8 Å². The van der Waals surface area contributed by atoms with Crippen LogP contribution in [0.3, 0.4) is 0 Å². The molecule has 2 atom stereocenters. The molecule has 10 heteroatoms. The van der Waals surface area contributed by atoms with Gasteiger partial charge in [0.15, 0.2) is 0 Å². The second-order valence-electron chi connectivity index (χ2n) is 5.86. The summed E-state index contributed by atoms with van der Waals surface area (Å²) in [5, 5.41) is 18.2. The molecule has 154 valence electrons. The lowest BCUT2D eigenvalue weighted by atomic mass is 10.2. The maximum atomic E-state index is 12.8. The normalized spacial score (nSPS) is 14.7. The van der Waals surface area contributed by atoms with Gasteiger partial charge < -0.3 is 19.7 Å². The van der Waals surface area contributed by atoms with Crippen LogP contribution in [0.1, 0.15) is 19.4 Å². The van der Waals surface area contributed by atoms with E-state index in [0.29, 0.717) is 11.5 Å². The van der Waals surface area contributed by atoms with E-state index in [0.717, 1.165) is 16.9 Å². The number of ether oxygens (including phenoxy) is 2. The number of hydrogen-bond donors (Lipinski definition) is 2. The van der Waals surface area contributed by atoms with Crippen molar-refractivity contribution < 1.29 is 38.1 Å². The lowest BCUT2D eigenvalue weighted by Gasteiger charge is -2.22. The smallest absolute Gasteiger partial charge is 0.389 e. The molecule has 0 saturated carbocycles. The molecule has 2 N–H and O–H groups in total. The number of aliphatic hydroxyl groups is 2. The average Bonchev–Trinajstić information content (AvgIpc) is 2.65. The molecule has 0 bridgehead atoms. The minimum atomic E-state index is -3.62. The van der Waals surface area contributed by atoms with E-state index in [1.807, 2.05) is 0 Å². The Morgan fingerprint density at radius 2 is 1.89 bits per heavy atom. The zero-order valence-corrected chi connectivity index (χ0v) is 17.4. The Morgan fingerprint density at radius 1 is 1.22 bits per heavy atom. The molecule has 27 heavy (non-hydrogen) atoms. The van der Waals surface area contributed by atoms with E-state index in [1.165, 1.54) is 7.11 Å². The Balaban J connectivity index is 2.71. The first-order valence-electron chi connectivity index (χ1n) is 8.42. The van der Waals surface area contributed by atoms with E-state index in [9.17, 15) is 14.5 Å². The Labute approximate surface area is 163 Å². The van der Waals surface area contributed by atoms with Gasteiger partial charge in [0.25, 0.3) is 0 Å². The quantitative estimate of drug-likeness (QED) is 0.281. The van der Waals surface area contributed by atoms with Crippen LogP contribution in [0, 0.1) is 5.92 Å². The molecule has 0 amide bonds. The molecular weight excluding hydrogens is 395 g/mol. The molecule has 1 aromatic rings. The first kappa shape index (κ1) is 24.1. The number of carbonyl (C=O) groups excluding carboxylic acids is 1. The molecule has 8 nitrogen and oxygen atoms in total. The molecule has 1 aromatic carbocycles. The third-order valence-electron chi connectivity index (χ3n) is 3.18. The third-order valence-corrected chi connectivity index (χ3v) is 6.92. The summed E-state index contributed by atoms with van der Waals surface area (Å²) in [6.07, 6.45) is -0.801. The molecule has 2 unspecified atom stereocenters. The molecule has 1 rings (SSSR count). The van der Waals surface area contributed by atoms with Crippen LogP contribution in [0.4, 0.5) is 0 Å². The van der Waals surface area contributed by atoms with Crippen LogP contribution in [-0.2, 0) is 28.9 Å². The third kappa shape index (κ3) is 9.21. The molecule has 0 radical (unpaired) electrons. The van der Waals surface area contributed by atoms with Gasteiger partial charge in [-0.05, 0) is 29.1 Å². The fraction of sp³-hybridized carbons (Fsp3) is 0.588. The standard InChI is InChI=1S/C17H27O8PS/c1-13(2)17(20)24-15-6-4-14(5-7-15)12-27-26(21,23-9-8-18)25-16(10-19)11-22-3/h4-7,13,16,18-19H,8-12H2,1-3H3. The van der Waals surface area contributed by atoms with Crippen molar-refractivity contribution in [3.05, 3.63) is 29.8 Å². The van der Waals surface area contributed by atoms with Crippen molar-refractivity contribution in [2.24, 2.45) is 5.92 Å². The summed E-state index contributed by atoms with van der Waals surface area (Å²) in [4.78, 5) is 11.6. The molecular formula is C17H27O8PS. The van der Waals surface area contributed by atoms with E-state index >= 15 is 0 Å². The first-order valence-corrected chi connectivity index (χ1v) is 11.6. The predicted octanol–water partition coefficient (Wildman–Crippen LogP) is 2.62. The molecule has 0 aliphatic rings. The van der Waals surface area contributed by atoms with Crippen LogP contribution in [0.15, 0.2) is 24.3 Å². The topological polar surface area (TPSA) is 112 Å². The Morgan fingerprint density at radius 3 is 2.41 bits per heavy atom. The van der Waals surface area contributed by atoms with Crippen LogP contribution < -0.4 is 4.74 Å². The summed E-state index contributed by atoms with van der Waals surface area (Å²) < 4.78 is 33.5. The van der Waals surface area contributed by atoms with E-state index in [4.69, 9.17) is 23.6 Å². The summed E-state index contributed by atoms with van der Waals surface area (Å²) in [5.41, 5.74) is 0.813. The lowest BCUT2D eigenvalue weighted by molar-refractivity contribution is -0.137. The summed E-state index contributed by atoms with van der Waals surface area (Å²) in [6, 6.07) is 6.78. The highest BCUT2D eigenvalue weighted by Gasteiger charge is 2.30. The van der Waals surface area contributed by atoms with E-state index < -0.39 is 12.9 Å². The molecule has 0 aliphatic carbocycles. The highest BCUT2D eigenvalue weighted by atomic mass is 32.7. The van der Waals surface area contributed by atoms with Gasteiger partial charge in [-0.1, -0.05) is 26.0 Å². The van der Waals surface area contributed by atoms with Crippen LogP contribution in [0.25, 0.3) is 0 Å². The maximum Gasteiger partial charge on any atom is 0.389 e. The summed E-state index contributed by atoms with van der Waals surface area (Å²) >= 11 is 0.937. The van der Waals surface area contributed by atoms with Gasteiger partial charge in [0, 0.05) is 12.9 Å². The van der Waals surface area contributed by atoms with Crippen molar-refractivity contribution in [1.82, 2.24) is 0 Å². The fourth-order valence-electron chi connectivity index (χ4n) is 1.78. The molecule has 0 saturated heterocycles. The predicted molar refractivity (Wildman–Crippen MR) is 103 cm³/mol. The second-order valence-corrected chi connectivity index (χ2v) is 9.89. The van der Waals surface area contributed by atoms with Gasteiger partial charge in [-0.2, -0.15) is 0 Å². The number of rotatable bonds is 13. The minimum Gasteiger partial charge on any atom is -0.426 e. The summed E-state index contributed by atoms with van der Waals surface area (Å²) in [6.45, 7) is -0.903. The number of methoxy groups -OCH3 is 1. The van der Waals surface area contributed by atoms with Crippen molar-refractivity contribution in [3.63, 3.8) is 0 Å². The van der Waals surface area contributed by atoms with Gasteiger partial charge in [0.1, 0.15) is 11.9 Å². The Bertz CT molecular complexity index is 607. The Hall–Kier alpha value is -0.930. The van der Waals surface area contributed by atoms with Crippen molar-refractivity contribution in [1.29, 1.82) is 0 Å². The van der Waals surface area contributed by atoms with E-state index in [-0.39, 0.29) is 38.3 Å². The zero-order chi connectivity index (χ0) is 20.3. The van der Waals surface area contributed by atoms with Crippen molar-refractivity contribution in [2.45, 2.75) is 25.7 Å². The highest BCUT2D eigenvalue weighted by molar-refractivity contribution is 8.54. The van der Waals surface area contributed by atoms with Gasteiger partial charge in [0.05, 0.1) is 32.3 Å². The van der Waals surface area contributed by atoms with E-state index in [2.05, 4.69) is 0 Å². The maximum absolute atomic E-state index is 12.8. The van der Waals surface area contributed by atoms with Gasteiger partial charge in [-0.15, -0.1) is 0 Å². The van der Waals surface area contributed by atoms with Crippen molar-refractivity contribution in [2.75, 3.05) is 33.5 Å². The summed E-state index contributed by atoms with van der Waals surface area (Å²) in [5.74, 6) is 0.185. The first-order chi connectivity index (χ1) is 12.8. The molecule has 0 aliphatic heterocycles.